The molecule has 0 aromatic carbocycles. The lowest BCUT2D eigenvalue weighted by Gasteiger charge is -2.28. The summed E-state index contributed by atoms with van der Waals surface area (Å²) >= 11 is 2.03. The maximum Gasteiger partial charge on any atom is 0.244 e. The van der Waals surface area contributed by atoms with E-state index in [0.29, 0.717) is 5.91 Å². The van der Waals surface area contributed by atoms with E-state index in [1.165, 1.54) is 24.6 Å². The topological polar surface area (TPSA) is 35.6 Å². The summed E-state index contributed by atoms with van der Waals surface area (Å²) in [5.74, 6) is 2.84. The first-order valence-electron chi connectivity index (χ1n) is 6.15. The third-order valence-electron chi connectivity index (χ3n) is 3.84. The number of amides is 1. The van der Waals surface area contributed by atoms with Gasteiger partial charge in [-0.2, -0.15) is 11.8 Å². The normalized spacial score (nSPS) is 29.0. The fraction of sp³-hybridized carbons (Fsp3) is 0.909. The molecule has 1 spiro atoms. The number of nitrogens with one attached hydrogen (secondary N) is 1. The summed E-state index contributed by atoms with van der Waals surface area (Å²) in [6.45, 7) is 5.08. The summed E-state index contributed by atoms with van der Waals surface area (Å²) in [7, 11) is 0. The molecule has 0 unspecified atom stereocenters. The molecule has 3 aliphatic rings. The van der Waals surface area contributed by atoms with Crippen LogP contribution in [-0.4, -0.2) is 65.6 Å². The minimum absolute atomic E-state index is 0.113. The van der Waals surface area contributed by atoms with E-state index in [1.54, 1.807) is 0 Å². The predicted molar refractivity (Wildman–Crippen MR) is 65.4 cm³/mol. The smallest absolute Gasteiger partial charge is 0.244 e. The molecule has 0 atom stereocenters. The van der Waals surface area contributed by atoms with Gasteiger partial charge in [0.05, 0.1) is 12.2 Å². The van der Waals surface area contributed by atoms with Crippen LogP contribution in [0.15, 0.2) is 0 Å². The molecule has 2 aliphatic heterocycles. The zero-order chi connectivity index (χ0) is 11.0. The summed E-state index contributed by atoms with van der Waals surface area (Å²) in [5, 5.41) is 3.35. The van der Waals surface area contributed by atoms with Gasteiger partial charge in [-0.25, -0.2) is 0 Å². The molecule has 2 saturated heterocycles. The molecule has 0 aromatic heterocycles. The molecule has 3 rings (SSSR count). The second-order valence-corrected chi connectivity index (χ2v) is 6.16. The molecule has 4 nitrogen and oxygen atoms in total. The SMILES string of the molecule is O=C1N(CCN2CCSCC2)CNC12CC2. The van der Waals surface area contributed by atoms with E-state index < -0.39 is 0 Å². The van der Waals surface area contributed by atoms with Crippen LogP contribution in [0.2, 0.25) is 0 Å². The number of nitrogens with zero attached hydrogens (tertiary/aromatic N) is 2. The highest BCUT2D eigenvalue weighted by molar-refractivity contribution is 7.99. The van der Waals surface area contributed by atoms with Gasteiger partial charge < -0.3 is 4.90 Å². The number of carbonyl (C=O) groups is 1. The fourth-order valence-corrected chi connectivity index (χ4v) is 3.46. The molecule has 0 aromatic rings. The van der Waals surface area contributed by atoms with Crippen molar-refractivity contribution in [1.82, 2.24) is 15.1 Å². The average molecular weight is 241 g/mol. The summed E-state index contributed by atoms with van der Waals surface area (Å²) in [6.07, 6.45) is 2.09. The second kappa shape index (κ2) is 4.20. The van der Waals surface area contributed by atoms with Gasteiger partial charge in [0.15, 0.2) is 0 Å². The Labute approximate surface area is 101 Å². The average Bonchev–Trinajstić information content (AvgIpc) is 3.04. The van der Waals surface area contributed by atoms with E-state index in [-0.39, 0.29) is 5.54 Å². The number of rotatable bonds is 3. The predicted octanol–water partition coefficient (Wildman–Crippen LogP) is -0.0429. The molecule has 16 heavy (non-hydrogen) atoms. The van der Waals surface area contributed by atoms with Crippen LogP contribution in [0.5, 0.6) is 0 Å². The van der Waals surface area contributed by atoms with Crippen molar-refractivity contribution in [2.75, 3.05) is 44.4 Å². The Hall–Kier alpha value is -0.260. The van der Waals surface area contributed by atoms with E-state index >= 15 is 0 Å². The van der Waals surface area contributed by atoms with Crippen molar-refractivity contribution in [3.8, 4) is 0 Å². The Morgan fingerprint density at radius 1 is 1.25 bits per heavy atom. The van der Waals surface area contributed by atoms with Gasteiger partial charge in [-0.15, -0.1) is 0 Å². The van der Waals surface area contributed by atoms with Gasteiger partial charge >= 0.3 is 0 Å². The van der Waals surface area contributed by atoms with Crippen LogP contribution in [0.1, 0.15) is 12.8 Å². The maximum atomic E-state index is 12.0. The molecule has 1 amide bonds. The van der Waals surface area contributed by atoms with Crippen LogP contribution >= 0.6 is 11.8 Å². The van der Waals surface area contributed by atoms with Crippen LogP contribution in [0, 0.1) is 0 Å². The third kappa shape index (κ3) is 1.96. The summed E-state index contributed by atoms with van der Waals surface area (Å²) in [4.78, 5) is 16.5. The van der Waals surface area contributed by atoms with E-state index in [9.17, 15) is 4.79 Å². The number of hydrogen-bond acceptors (Lipinski definition) is 4. The van der Waals surface area contributed by atoms with Gasteiger partial charge in [0, 0.05) is 37.7 Å². The van der Waals surface area contributed by atoms with E-state index in [4.69, 9.17) is 0 Å². The zero-order valence-electron chi connectivity index (χ0n) is 9.57. The van der Waals surface area contributed by atoms with Crippen LogP contribution < -0.4 is 5.32 Å². The first-order valence-corrected chi connectivity index (χ1v) is 7.30. The molecule has 5 heteroatoms. The zero-order valence-corrected chi connectivity index (χ0v) is 10.4. The molecule has 90 valence electrons. The molecule has 3 fully saturated rings. The largest absolute Gasteiger partial charge is 0.327 e. The molecule has 0 bridgehead atoms. The van der Waals surface area contributed by atoms with Gasteiger partial charge in [-0.05, 0) is 12.8 Å². The van der Waals surface area contributed by atoms with Gasteiger partial charge in [0.1, 0.15) is 0 Å². The molecule has 0 radical (unpaired) electrons. The van der Waals surface area contributed by atoms with Crippen LogP contribution in [-0.2, 0) is 4.79 Å². The Kier molecular flexibility index (Phi) is 2.85. The molecule has 1 N–H and O–H groups in total. The van der Waals surface area contributed by atoms with Crippen molar-refractivity contribution in [1.29, 1.82) is 0 Å². The number of carbonyl (C=O) groups excluding carboxylic acids is 1. The number of thioether (sulfide) groups is 1. The van der Waals surface area contributed by atoms with Crippen molar-refractivity contribution in [2.24, 2.45) is 0 Å². The minimum atomic E-state index is -0.113. The Morgan fingerprint density at radius 3 is 2.62 bits per heavy atom. The maximum absolute atomic E-state index is 12.0. The molecule has 2 heterocycles. The molecular formula is C11H19N3OS. The standard InChI is InChI=1S/C11H19N3OS/c15-10-11(1-2-11)12-9-14(10)4-3-13-5-7-16-8-6-13/h12H,1-9H2. The van der Waals surface area contributed by atoms with Gasteiger partial charge in [0.2, 0.25) is 5.91 Å². The van der Waals surface area contributed by atoms with E-state index in [0.717, 1.165) is 32.6 Å². The summed E-state index contributed by atoms with van der Waals surface area (Å²) < 4.78 is 0. The van der Waals surface area contributed by atoms with Crippen LogP contribution in [0.4, 0.5) is 0 Å². The molecular weight excluding hydrogens is 222 g/mol. The van der Waals surface area contributed by atoms with Crippen LogP contribution in [0.3, 0.4) is 0 Å². The fourth-order valence-electron chi connectivity index (χ4n) is 2.48. The van der Waals surface area contributed by atoms with Crippen molar-refractivity contribution < 1.29 is 4.79 Å². The second-order valence-electron chi connectivity index (χ2n) is 4.94. The molecule has 1 aliphatic carbocycles. The highest BCUT2D eigenvalue weighted by Crippen LogP contribution is 2.39. The number of hydrogen-bond donors (Lipinski definition) is 1. The van der Waals surface area contributed by atoms with Crippen LogP contribution in [0.25, 0.3) is 0 Å². The Morgan fingerprint density at radius 2 is 2.00 bits per heavy atom. The lowest BCUT2D eigenvalue weighted by atomic mass is 10.3. The monoisotopic (exact) mass is 241 g/mol. The summed E-state index contributed by atoms with van der Waals surface area (Å²) in [5.41, 5.74) is -0.113. The highest BCUT2D eigenvalue weighted by atomic mass is 32.2. The van der Waals surface area contributed by atoms with Crippen molar-refractivity contribution in [3.63, 3.8) is 0 Å². The summed E-state index contributed by atoms with van der Waals surface area (Å²) in [6, 6.07) is 0. The van der Waals surface area contributed by atoms with Gasteiger partial charge in [-0.3, -0.25) is 15.0 Å². The Bertz CT molecular complexity index is 287. The first-order chi connectivity index (χ1) is 7.80. The van der Waals surface area contributed by atoms with Crippen molar-refractivity contribution in [3.05, 3.63) is 0 Å². The van der Waals surface area contributed by atoms with Crippen molar-refractivity contribution >= 4 is 17.7 Å². The Balaban J connectivity index is 1.46. The molecule has 1 saturated carbocycles. The van der Waals surface area contributed by atoms with E-state index in [1.807, 2.05) is 16.7 Å². The highest BCUT2D eigenvalue weighted by Gasteiger charge is 2.55. The quantitative estimate of drug-likeness (QED) is 0.752. The third-order valence-corrected chi connectivity index (χ3v) is 4.79. The lowest BCUT2D eigenvalue weighted by molar-refractivity contribution is -0.129. The van der Waals surface area contributed by atoms with Crippen molar-refractivity contribution in [2.45, 2.75) is 18.4 Å². The lowest BCUT2D eigenvalue weighted by Crippen LogP contribution is -2.41. The van der Waals surface area contributed by atoms with Gasteiger partial charge in [0.25, 0.3) is 0 Å². The van der Waals surface area contributed by atoms with Gasteiger partial charge in [-0.1, -0.05) is 0 Å². The minimum Gasteiger partial charge on any atom is -0.327 e. The first kappa shape index (κ1) is 10.9. The van der Waals surface area contributed by atoms with E-state index in [2.05, 4.69) is 10.2 Å².